The van der Waals surface area contributed by atoms with Gasteiger partial charge in [-0.15, -0.1) is 0 Å². The molecule has 1 amide bonds. The Hall–Kier alpha value is -2.95. The van der Waals surface area contributed by atoms with Crippen LogP contribution in [0, 0.1) is 5.82 Å². The molecule has 0 atom stereocenters. The fraction of sp³-hybridized carbons (Fsp3) is 0.0588. The van der Waals surface area contributed by atoms with Crippen LogP contribution in [-0.2, 0) is 11.2 Å². The van der Waals surface area contributed by atoms with Crippen LogP contribution in [0.25, 0.3) is 11.3 Å². The minimum absolute atomic E-state index is 0.139. The molecule has 2 aromatic carbocycles. The highest BCUT2D eigenvalue weighted by atomic mass is 19.1. The molecule has 0 spiro atoms. The molecular formula is C17H14FN3O. The van der Waals surface area contributed by atoms with E-state index >= 15 is 0 Å². The van der Waals surface area contributed by atoms with Gasteiger partial charge in [0, 0.05) is 11.9 Å². The normalized spacial score (nSPS) is 10.4. The van der Waals surface area contributed by atoms with Crippen molar-refractivity contribution in [2.24, 2.45) is 0 Å². The van der Waals surface area contributed by atoms with E-state index in [4.69, 9.17) is 0 Å². The molecule has 110 valence electrons. The summed E-state index contributed by atoms with van der Waals surface area (Å²) < 4.78 is 13.1. The SMILES string of the molecule is O=C(Cc1cccc(F)c1)Nc1ccc(-c2ccn[nH]2)cc1. The first-order chi connectivity index (χ1) is 10.7. The maximum atomic E-state index is 13.1. The second-order valence-corrected chi connectivity index (χ2v) is 4.90. The molecule has 2 N–H and O–H groups in total. The third kappa shape index (κ3) is 3.38. The summed E-state index contributed by atoms with van der Waals surface area (Å²) >= 11 is 0. The quantitative estimate of drug-likeness (QED) is 0.775. The van der Waals surface area contributed by atoms with Crippen molar-refractivity contribution in [2.45, 2.75) is 6.42 Å². The van der Waals surface area contributed by atoms with E-state index in [-0.39, 0.29) is 18.1 Å². The molecule has 0 bridgehead atoms. The molecule has 0 aliphatic rings. The van der Waals surface area contributed by atoms with Gasteiger partial charge in [-0.2, -0.15) is 5.10 Å². The number of nitrogens with zero attached hydrogens (tertiary/aromatic N) is 1. The van der Waals surface area contributed by atoms with Gasteiger partial charge in [0.2, 0.25) is 5.91 Å². The maximum absolute atomic E-state index is 13.1. The summed E-state index contributed by atoms with van der Waals surface area (Å²) in [6.45, 7) is 0. The van der Waals surface area contributed by atoms with Crippen LogP contribution < -0.4 is 5.32 Å². The summed E-state index contributed by atoms with van der Waals surface area (Å²) in [5, 5.41) is 9.57. The molecule has 0 fully saturated rings. The van der Waals surface area contributed by atoms with E-state index in [1.54, 1.807) is 18.3 Å². The van der Waals surface area contributed by atoms with Gasteiger partial charge in [-0.1, -0.05) is 24.3 Å². The van der Waals surface area contributed by atoms with E-state index in [9.17, 15) is 9.18 Å². The Kier molecular flexibility index (Phi) is 3.96. The lowest BCUT2D eigenvalue weighted by molar-refractivity contribution is -0.115. The van der Waals surface area contributed by atoms with Crippen molar-refractivity contribution in [3.63, 3.8) is 0 Å². The van der Waals surface area contributed by atoms with Crippen LogP contribution in [0.5, 0.6) is 0 Å². The van der Waals surface area contributed by atoms with Gasteiger partial charge in [-0.3, -0.25) is 9.89 Å². The fourth-order valence-electron chi connectivity index (χ4n) is 2.19. The van der Waals surface area contributed by atoms with Crippen molar-refractivity contribution >= 4 is 11.6 Å². The molecule has 0 unspecified atom stereocenters. The summed E-state index contributed by atoms with van der Waals surface area (Å²) in [7, 11) is 0. The molecule has 4 nitrogen and oxygen atoms in total. The van der Waals surface area contributed by atoms with Crippen molar-refractivity contribution in [1.29, 1.82) is 0 Å². The van der Waals surface area contributed by atoms with Gasteiger partial charge in [0.15, 0.2) is 0 Å². The number of amides is 1. The first-order valence-corrected chi connectivity index (χ1v) is 6.85. The van der Waals surface area contributed by atoms with Crippen molar-refractivity contribution in [1.82, 2.24) is 10.2 Å². The number of hydrogen-bond donors (Lipinski definition) is 2. The summed E-state index contributed by atoms with van der Waals surface area (Å²) in [5.74, 6) is -0.519. The molecule has 3 aromatic rings. The van der Waals surface area contributed by atoms with Crippen molar-refractivity contribution in [2.75, 3.05) is 5.32 Å². The number of nitrogens with one attached hydrogen (secondary N) is 2. The summed E-state index contributed by atoms with van der Waals surface area (Å²) in [4.78, 5) is 12.0. The molecule has 3 rings (SSSR count). The van der Waals surface area contributed by atoms with E-state index in [1.807, 2.05) is 30.3 Å². The Labute approximate surface area is 127 Å². The molecule has 0 saturated heterocycles. The monoisotopic (exact) mass is 295 g/mol. The van der Waals surface area contributed by atoms with Crippen LogP contribution in [0.1, 0.15) is 5.56 Å². The van der Waals surface area contributed by atoms with Gasteiger partial charge in [-0.05, 0) is 41.5 Å². The Morgan fingerprint density at radius 1 is 1.14 bits per heavy atom. The van der Waals surface area contributed by atoms with Gasteiger partial charge in [0.05, 0.1) is 12.1 Å². The Balaban J connectivity index is 1.64. The minimum atomic E-state index is -0.339. The predicted molar refractivity (Wildman–Crippen MR) is 82.8 cm³/mol. The van der Waals surface area contributed by atoms with E-state index < -0.39 is 0 Å². The topological polar surface area (TPSA) is 57.8 Å². The lowest BCUT2D eigenvalue weighted by Crippen LogP contribution is -2.14. The highest BCUT2D eigenvalue weighted by molar-refractivity contribution is 5.92. The molecule has 1 heterocycles. The number of H-pyrrole nitrogens is 1. The molecule has 1 aromatic heterocycles. The molecular weight excluding hydrogens is 281 g/mol. The molecule has 5 heteroatoms. The van der Waals surface area contributed by atoms with Gasteiger partial charge in [0.25, 0.3) is 0 Å². The van der Waals surface area contributed by atoms with Crippen molar-refractivity contribution in [3.05, 3.63) is 72.2 Å². The van der Waals surface area contributed by atoms with Crippen LogP contribution in [-0.4, -0.2) is 16.1 Å². The molecule has 22 heavy (non-hydrogen) atoms. The number of halogens is 1. The predicted octanol–water partition coefficient (Wildman–Crippen LogP) is 3.40. The van der Waals surface area contributed by atoms with Crippen molar-refractivity contribution in [3.8, 4) is 11.3 Å². The third-order valence-corrected chi connectivity index (χ3v) is 3.23. The van der Waals surface area contributed by atoms with Gasteiger partial charge in [-0.25, -0.2) is 4.39 Å². The molecule has 0 aliphatic heterocycles. The Morgan fingerprint density at radius 2 is 1.95 bits per heavy atom. The standard InChI is InChI=1S/C17H14FN3O/c18-14-3-1-2-12(10-14)11-17(22)20-15-6-4-13(5-7-15)16-8-9-19-21-16/h1-10H,11H2,(H,19,21)(H,20,22). The van der Waals surface area contributed by atoms with E-state index in [0.29, 0.717) is 11.3 Å². The third-order valence-electron chi connectivity index (χ3n) is 3.23. The number of carbonyl (C=O) groups is 1. The van der Waals surface area contributed by atoms with Crippen LogP contribution in [0.2, 0.25) is 0 Å². The Bertz CT molecular complexity index is 767. The molecule has 0 radical (unpaired) electrons. The average Bonchev–Trinajstić information content (AvgIpc) is 3.02. The number of rotatable bonds is 4. The number of anilines is 1. The van der Waals surface area contributed by atoms with Gasteiger partial charge < -0.3 is 5.32 Å². The smallest absolute Gasteiger partial charge is 0.228 e. The van der Waals surface area contributed by atoms with E-state index in [1.165, 1.54) is 12.1 Å². The summed E-state index contributed by atoms with van der Waals surface area (Å²) in [6.07, 6.45) is 1.82. The first kappa shape index (κ1) is 14.0. The number of hydrogen-bond acceptors (Lipinski definition) is 2. The average molecular weight is 295 g/mol. The Morgan fingerprint density at radius 3 is 2.64 bits per heavy atom. The molecule has 0 aliphatic carbocycles. The second kappa shape index (κ2) is 6.22. The van der Waals surface area contributed by atoms with E-state index in [0.717, 1.165) is 11.3 Å². The second-order valence-electron chi connectivity index (χ2n) is 4.90. The highest BCUT2D eigenvalue weighted by Crippen LogP contribution is 2.19. The van der Waals surface area contributed by atoms with Crippen molar-refractivity contribution < 1.29 is 9.18 Å². The van der Waals surface area contributed by atoms with Gasteiger partial charge in [0.1, 0.15) is 5.82 Å². The number of aromatic nitrogens is 2. The lowest BCUT2D eigenvalue weighted by Gasteiger charge is -2.06. The maximum Gasteiger partial charge on any atom is 0.228 e. The number of aromatic amines is 1. The van der Waals surface area contributed by atoms with Crippen LogP contribution >= 0.6 is 0 Å². The van der Waals surface area contributed by atoms with E-state index in [2.05, 4.69) is 15.5 Å². The number of benzene rings is 2. The zero-order chi connectivity index (χ0) is 15.4. The highest BCUT2D eigenvalue weighted by Gasteiger charge is 2.05. The van der Waals surface area contributed by atoms with Crippen LogP contribution in [0.15, 0.2) is 60.8 Å². The minimum Gasteiger partial charge on any atom is -0.326 e. The zero-order valence-electron chi connectivity index (χ0n) is 11.7. The number of carbonyl (C=O) groups excluding carboxylic acids is 1. The zero-order valence-corrected chi connectivity index (χ0v) is 11.7. The van der Waals surface area contributed by atoms with Gasteiger partial charge >= 0.3 is 0 Å². The van der Waals surface area contributed by atoms with Crippen LogP contribution in [0.4, 0.5) is 10.1 Å². The lowest BCUT2D eigenvalue weighted by atomic mass is 10.1. The fourth-order valence-corrected chi connectivity index (χ4v) is 2.19. The summed E-state index contributed by atoms with van der Waals surface area (Å²) in [5.41, 5.74) is 3.24. The largest absolute Gasteiger partial charge is 0.326 e. The first-order valence-electron chi connectivity index (χ1n) is 6.85. The summed E-state index contributed by atoms with van der Waals surface area (Å²) in [6, 6.07) is 15.3. The molecule has 0 saturated carbocycles. The van der Waals surface area contributed by atoms with Crippen LogP contribution in [0.3, 0.4) is 0 Å².